The number of aliphatic hydroxyl groups excluding tert-OH is 1. The van der Waals surface area contributed by atoms with Gasteiger partial charge < -0.3 is 10.8 Å². The van der Waals surface area contributed by atoms with E-state index in [1.807, 2.05) is 20.8 Å². The van der Waals surface area contributed by atoms with Crippen molar-refractivity contribution in [2.75, 3.05) is 12.3 Å². The first-order chi connectivity index (χ1) is 9.75. The second kappa shape index (κ2) is 5.48. The van der Waals surface area contributed by atoms with E-state index in [0.717, 1.165) is 0 Å². The standard InChI is InChI=1S/C16H22N2O3/c1-10(2)16(3)8-14(20)18(15(16)21)9-13(19)11-4-6-12(17)7-5-11/h4-7,10,13,19H,8-9,17H2,1-3H3. The summed E-state index contributed by atoms with van der Waals surface area (Å²) in [6.45, 7) is 5.67. The minimum absolute atomic E-state index is 0.0100. The van der Waals surface area contributed by atoms with E-state index in [1.54, 1.807) is 24.3 Å². The Bertz CT molecular complexity index is 553. The molecule has 5 nitrogen and oxygen atoms in total. The van der Waals surface area contributed by atoms with E-state index in [9.17, 15) is 14.7 Å². The molecule has 0 saturated carbocycles. The van der Waals surface area contributed by atoms with E-state index >= 15 is 0 Å². The summed E-state index contributed by atoms with van der Waals surface area (Å²) in [7, 11) is 0. The quantitative estimate of drug-likeness (QED) is 0.653. The lowest BCUT2D eigenvalue weighted by Gasteiger charge is -2.26. The molecule has 1 saturated heterocycles. The van der Waals surface area contributed by atoms with Crippen LogP contribution in [-0.2, 0) is 9.59 Å². The van der Waals surface area contributed by atoms with Crippen molar-refractivity contribution in [3.05, 3.63) is 29.8 Å². The van der Waals surface area contributed by atoms with Crippen LogP contribution in [0.15, 0.2) is 24.3 Å². The minimum atomic E-state index is -0.895. The molecule has 0 spiro atoms. The van der Waals surface area contributed by atoms with Gasteiger partial charge in [-0.2, -0.15) is 0 Å². The molecule has 114 valence electrons. The van der Waals surface area contributed by atoms with Crippen molar-refractivity contribution in [3.63, 3.8) is 0 Å². The lowest BCUT2D eigenvalue weighted by molar-refractivity contribution is -0.143. The van der Waals surface area contributed by atoms with Gasteiger partial charge >= 0.3 is 0 Å². The summed E-state index contributed by atoms with van der Waals surface area (Å²) in [5.41, 5.74) is 6.18. The fourth-order valence-electron chi connectivity index (χ4n) is 2.54. The topological polar surface area (TPSA) is 83.6 Å². The lowest BCUT2D eigenvalue weighted by atomic mass is 9.78. The van der Waals surface area contributed by atoms with Crippen molar-refractivity contribution in [3.8, 4) is 0 Å². The van der Waals surface area contributed by atoms with Crippen LogP contribution in [0, 0.1) is 11.3 Å². The molecule has 5 heteroatoms. The molecule has 2 unspecified atom stereocenters. The maximum atomic E-state index is 12.5. The van der Waals surface area contributed by atoms with Crippen molar-refractivity contribution in [1.82, 2.24) is 4.90 Å². The van der Waals surface area contributed by atoms with Gasteiger partial charge in [0.25, 0.3) is 0 Å². The Hall–Kier alpha value is -1.88. The number of amides is 2. The highest BCUT2D eigenvalue weighted by Crippen LogP contribution is 2.39. The van der Waals surface area contributed by atoms with Crippen LogP contribution in [0.1, 0.15) is 38.9 Å². The summed E-state index contributed by atoms with van der Waals surface area (Å²) >= 11 is 0. The number of hydrogen-bond donors (Lipinski definition) is 2. The lowest BCUT2D eigenvalue weighted by Crippen LogP contribution is -2.39. The van der Waals surface area contributed by atoms with Crippen LogP contribution in [0.2, 0.25) is 0 Å². The van der Waals surface area contributed by atoms with Crippen molar-refractivity contribution in [1.29, 1.82) is 0 Å². The number of benzene rings is 1. The van der Waals surface area contributed by atoms with Gasteiger partial charge in [0.2, 0.25) is 11.8 Å². The molecule has 3 N–H and O–H groups in total. The van der Waals surface area contributed by atoms with E-state index in [4.69, 9.17) is 5.73 Å². The fourth-order valence-corrected chi connectivity index (χ4v) is 2.54. The van der Waals surface area contributed by atoms with E-state index in [-0.39, 0.29) is 30.7 Å². The van der Waals surface area contributed by atoms with Gasteiger partial charge in [-0.1, -0.05) is 26.0 Å². The number of likely N-dealkylation sites (tertiary alicyclic amines) is 1. The average Bonchev–Trinajstić information content (AvgIpc) is 2.64. The SMILES string of the molecule is CC(C)C1(C)CC(=O)N(CC(O)c2ccc(N)cc2)C1=O. The van der Waals surface area contributed by atoms with Gasteiger partial charge in [-0.3, -0.25) is 14.5 Å². The van der Waals surface area contributed by atoms with Gasteiger partial charge in [0.05, 0.1) is 18.1 Å². The van der Waals surface area contributed by atoms with Crippen LogP contribution >= 0.6 is 0 Å². The maximum absolute atomic E-state index is 12.5. The highest BCUT2D eigenvalue weighted by Gasteiger charge is 2.50. The molecule has 2 rings (SSSR count). The molecule has 1 aromatic rings. The second-order valence-corrected chi connectivity index (χ2v) is 6.24. The summed E-state index contributed by atoms with van der Waals surface area (Å²) in [6, 6.07) is 6.77. The molecule has 1 aliphatic rings. The molecular weight excluding hydrogens is 268 g/mol. The molecule has 0 aliphatic carbocycles. The molecule has 21 heavy (non-hydrogen) atoms. The van der Waals surface area contributed by atoms with E-state index in [0.29, 0.717) is 11.3 Å². The Morgan fingerprint density at radius 2 is 1.86 bits per heavy atom. The largest absolute Gasteiger partial charge is 0.399 e. The van der Waals surface area contributed by atoms with Gasteiger partial charge in [-0.25, -0.2) is 0 Å². The van der Waals surface area contributed by atoms with Gasteiger partial charge in [0.1, 0.15) is 0 Å². The molecule has 0 aromatic heterocycles. The molecule has 1 fully saturated rings. The summed E-state index contributed by atoms with van der Waals surface area (Å²) in [4.78, 5) is 25.8. The Labute approximate surface area is 124 Å². The number of aliphatic hydroxyl groups is 1. The third kappa shape index (κ3) is 2.78. The Morgan fingerprint density at radius 1 is 1.29 bits per heavy atom. The average molecular weight is 290 g/mol. The predicted molar refractivity (Wildman–Crippen MR) is 80.1 cm³/mol. The Kier molecular flexibility index (Phi) is 4.05. The number of nitrogen functional groups attached to an aromatic ring is 1. The molecule has 0 radical (unpaired) electrons. The maximum Gasteiger partial charge on any atom is 0.235 e. The second-order valence-electron chi connectivity index (χ2n) is 6.24. The van der Waals surface area contributed by atoms with Crippen LogP contribution in [0.3, 0.4) is 0 Å². The Balaban J connectivity index is 2.14. The van der Waals surface area contributed by atoms with Gasteiger partial charge in [-0.05, 0) is 30.5 Å². The molecular formula is C16H22N2O3. The van der Waals surface area contributed by atoms with Crippen LogP contribution in [-0.4, -0.2) is 28.4 Å². The normalized spacial score (nSPS) is 24.0. The number of hydrogen-bond acceptors (Lipinski definition) is 4. The fraction of sp³-hybridized carbons (Fsp3) is 0.500. The smallest absolute Gasteiger partial charge is 0.235 e. The molecule has 1 aromatic carbocycles. The number of carbonyl (C=O) groups excluding carboxylic acids is 2. The summed E-state index contributed by atoms with van der Waals surface area (Å²) in [5.74, 6) is -0.338. The third-order valence-corrected chi connectivity index (χ3v) is 4.50. The van der Waals surface area contributed by atoms with Crippen molar-refractivity contribution in [2.45, 2.75) is 33.3 Å². The highest BCUT2D eigenvalue weighted by atomic mass is 16.3. The minimum Gasteiger partial charge on any atom is -0.399 e. The monoisotopic (exact) mass is 290 g/mol. The first kappa shape index (κ1) is 15.5. The van der Waals surface area contributed by atoms with Crippen molar-refractivity contribution < 1.29 is 14.7 Å². The van der Waals surface area contributed by atoms with Crippen molar-refractivity contribution >= 4 is 17.5 Å². The molecule has 1 heterocycles. The van der Waals surface area contributed by atoms with Gasteiger partial charge in [-0.15, -0.1) is 0 Å². The van der Waals surface area contributed by atoms with Crippen LogP contribution in [0.4, 0.5) is 5.69 Å². The third-order valence-electron chi connectivity index (χ3n) is 4.50. The molecule has 2 atom stereocenters. The zero-order valence-corrected chi connectivity index (χ0v) is 12.7. The first-order valence-electron chi connectivity index (χ1n) is 7.14. The number of β-amino-alcohol motifs (C(OH)–C–C–N with tert-alkyl or cyclic N) is 1. The zero-order valence-electron chi connectivity index (χ0n) is 12.7. The molecule has 1 aliphatic heterocycles. The Morgan fingerprint density at radius 3 is 2.33 bits per heavy atom. The number of nitrogens with zero attached hydrogens (tertiary/aromatic N) is 1. The first-order valence-corrected chi connectivity index (χ1v) is 7.14. The van der Waals surface area contributed by atoms with Crippen molar-refractivity contribution in [2.24, 2.45) is 11.3 Å². The number of carbonyl (C=O) groups is 2. The summed E-state index contributed by atoms with van der Waals surface area (Å²) in [5, 5.41) is 10.2. The van der Waals surface area contributed by atoms with Crippen LogP contribution in [0.25, 0.3) is 0 Å². The van der Waals surface area contributed by atoms with E-state index in [2.05, 4.69) is 0 Å². The number of nitrogens with two attached hydrogens (primary N) is 1. The van der Waals surface area contributed by atoms with Gasteiger partial charge in [0.15, 0.2) is 0 Å². The summed E-state index contributed by atoms with van der Waals surface area (Å²) < 4.78 is 0. The number of imide groups is 1. The van der Waals surface area contributed by atoms with Crippen LogP contribution < -0.4 is 5.73 Å². The van der Waals surface area contributed by atoms with Gasteiger partial charge in [0, 0.05) is 12.1 Å². The number of anilines is 1. The predicted octanol–water partition coefficient (Wildman–Crippen LogP) is 1.72. The number of rotatable bonds is 4. The van der Waals surface area contributed by atoms with E-state index in [1.165, 1.54) is 4.90 Å². The molecule has 0 bridgehead atoms. The molecule has 2 amide bonds. The highest BCUT2D eigenvalue weighted by molar-refractivity contribution is 6.05. The van der Waals surface area contributed by atoms with E-state index < -0.39 is 11.5 Å². The van der Waals surface area contributed by atoms with Crippen LogP contribution in [0.5, 0.6) is 0 Å². The zero-order chi connectivity index (χ0) is 15.8. The summed E-state index contributed by atoms with van der Waals surface area (Å²) in [6.07, 6.45) is -0.689.